The van der Waals surface area contributed by atoms with Crippen LogP contribution in [0.1, 0.15) is 47.8 Å². The summed E-state index contributed by atoms with van der Waals surface area (Å²) < 4.78 is 0. The van der Waals surface area contributed by atoms with Crippen LogP contribution in [0.25, 0.3) is 0 Å². The lowest BCUT2D eigenvalue weighted by Gasteiger charge is -2.13. The molecule has 2 N–H and O–H groups in total. The molecule has 0 aliphatic carbocycles. The van der Waals surface area contributed by atoms with E-state index in [-0.39, 0.29) is 11.1 Å². The van der Waals surface area contributed by atoms with Gasteiger partial charge in [0.1, 0.15) is 6.54 Å². The summed E-state index contributed by atoms with van der Waals surface area (Å²) >= 11 is 1.36. The summed E-state index contributed by atoms with van der Waals surface area (Å²) in [7, 11) is 0. The van der Waals surface area contributed by atoms with Crippen LogP contribution in [0.3, 0.4) is 0 Å². The zero-order chi connectivity index (χ0) is 18.8. The minimum Gasteiger partial charge on any atom is -0.271 e. The van der Waals surface area contributed by atoms with Crippen molar-refractivity contribution in [2.24, 2.45) is 0 Å². The molecule has 1 aromatic heterocycles. The van der Waals surface area contributed by atoms with E-state index in [4.69, 9.17) is 0 Å². The minimum absolute atomic E-state index is 0.274. The van der Waals surface area contributed by atoms with Crippen molar-refractivity contribution in [2.45, 2.75) is 20.3 Å². The van der Waals surface area contributed by atoms with Gasteiger partial charge in [-0.15, -0.1) is 11.3 Å². The predicted octanol–water partition coefficient (Wildman–Crippen LogP) is 1.68. The number of benzene rings is 1. The molecule has 0 fully saturated rings. The molecule has 1 aliphatic heterocycles. The average Bonchev–Trinajstić information content (AvgIpc) is 3.13. The van der Waals surface area contributed by atoms with E-state index >= 15 is 0 Å². The van der Waals surface area contributed by atoms with Crippen molar-refractivity contribution in [1.29, 1.82) is 0 Å². The van der Waals surface area contributed by atoms with Crippen molar-refractivity contribution < 1.29 is 19.2 Å². The second kappa shape index (κ2) is 7.09. The standard InChI is InChI=1S/C18H17N3O4S/c1-3-13-10(2)8-14(26-13)16(23)20-19-15(22)9-21-17(24)11-6-4-5-7-12(11)18(21)25/h4-8H,3,9H2,1-2H3,(H,19,22)(H,20,23). The van der Waals surface area contributed by atoms with E-state index in [0.29, 0.717) is 4.88 Å². The van der Waals surface area contributed by atoms with Crippen molar-refractivity contribution in [2.75, 3.05) is 6.54 Å². The monoisotopic (exact) mass is 371 g/mol. The molecule has 7 nitrogen and oxygen atoms in total. The third kappa shape index (κ3) is 3.23. The second-order valence-corrected chi connectivity index (χ2v) is 6.95. The number of amides is 4. The maximum atomic E-state index is 12.2. The van der Waals surface area contributed by atoms with Crippen LogP contribution >= 0.6 is 11.3 Å². The highest BCUT2D eigenvalue weighted by molar-refractivity contribution is 7.14. The lowest BCUT2D eigenvalue weighted by atomic mass is 10.1. The molecule has 4 amide bonds. The minimum atomic E-state index is -0.656. The van der Waals surface area contributed by atoms with Gasteiger partial charge in [-0.05, 0) is 37.1 Å². The van der Waals surface area contributed by atoms with Crippen molar-refractivity contribution in [1.82, 2.24) is 15.8 Å². The first kappa shape index (κ1) is 17.8. The molecule has 26 heavy (non-hydrogen) atoms. The summed E-state index contributed by atoms with van der Waals surface area (Å²) in [6, 6.07) is 8.15. The Morgan fingerprint density at radius 1 is 1.08 bits per heavy atom. The van der Waals surface area contributed by atoms with Gasteiger partial charge in [0.05, 0.1) is 16.0 Å². The molecule has 134 valence electrons. The summed E-state index contributed by atoms with van der Waals surface area (Å²) in [6.45, 7) is 3.47. The van der Waals surface area contributed by atoms with Crippen LogP contribution in [-0.2, 0) is 11.2 Å². The normalized spacial score (nSPS) is 12.9. The van der Waals surface area contributed by atoms with Crippen molar-refractivity contribution >= 4 is 35.0 Å². The highest BCUT2D eigenvalue weighted by atomic mass is 32.1. The largest absolute Gasteiger partial charge is 0.279 e. The molecule has 1 aromatic carbocycles. The van der Waals surface area contributed by atoms with Crippen LogP contribution in [0, 0.1) is 6.92 Å². The first-order valence-corrected chi connectivity index (χ1v) is 8.87. The number of nitrogens with one attached hydrogen (secondary N) is 2. The number of thiophene rings is 1. The van der Waals surface area contributed by atoms with Crippen LogP contribution < -0.4 is 10.9 Å². The number of imide groups is 1. The number of hydrogen-bond donors (Lipinski definition) is 2. The Balaban J connectivity index is 1.59. The van der Waals surface area contributed by atoms with Gasteiger partial charge in [-0.1, -0.05) is 19.1 Å². The molecule has 2 aromatic rings. The Labute approximate surface area is 154 Å². The highest BCUT2D eigenvalue weighted by Gasteiger charge is 2.36. The zero-order valence-electron chi connectivity index (χ0n) is 14.3. The van der Waals surface area contributed by atoms with Crippen molar-refractivity contribution in [3.8, 4) is 0 Å². The van der Waals surface area contributed by atoms with E-state index in [0.717, 1.165) is 21.8 Å². The van der Waals surface area contributed by atoms with E-state index in [1.165, 1.54) is 11.3 Å². The topological polar surface area (TPSA) is 95.6 Å². The van der Waals surface area contributed by atoms with Crippen molar-refractivity contribution in [3.05, 3.63) is 56.8 Å². The van der Waals surface area contributed by atoms with E-state index in [1.54, 1.807) is 30.3 Å². The van der Waals surface area contributed by atoms with Crippen LogP contribution in [-0.4, -0.2) is 35.1 Å². The van der Waals surface area contributed by atoms with Crippen LogP contribution in [0.15, 0.2) is 30.3 Å². The molecule has 2 heterocycles. The number of carbonyl (C=O) groups excluding carboxylic acids is 4. The first-order chi connectivity index (χ1) is 12.4. The van der Waals surface area contributed by atoms with E-state index in [9.17, 15) is 19.2 Å². The van der Waals surface area contributed by atoms with Gasteiger partial charge >= 0.3 is 0 Å². The van der Waals surface area contributed by atoms with Gasteiger partial charge < -0.3 is 0 Å². The summed E-state index contributed by atoms with van der Waals surface area (Å²) in [5, 5.41) is 0. The molecular formula is C18H17N3O4S. The van der Waals surface area contributed by atoms with Crippen LogP contribution in [0.4, 0.5) is 0 Å². The number of aryl methyl sites for hydroxylation is 2. The fourth-order valence-electron chi connectivity index (χ4n) is 2.74. The molecule has 0 saturated carbocycles. The Kier molecular flexibility index (Phi) is 4.85. The number of nitrogens with zero attached hydrogens (tertiary/aromatic N) is 1. The fourth-order valence-corrected chi connectivity index (χ4v) is 3.75. The smallest absolute Gasteiger partial charge is 0.271 e. The Morgan fingerprint density at radius 2 is 1.69 bits per heavy atom. The molecule has 8 heteroatoms. The lowest BCUT2D eigenvalue weighted by molar-refractivity contribution is -0.122. The van der Waals surface area contributed by atoms with Gasteiger partial charge in [0.2, 0.25) is 0 Å². The lowest BCUT2D eigenvalue weighted by Crippen LogP contribution is -2.47. The highest BCUT2D eigenvalue weighted by Crippen LogP contribution is 2.23. The third-order valence-corrected chi connectivity index (χ3v) is 5.44. The zero-order valence-corrected chi connectivity index (χ0v) is 15.1. The van der Waals surface area contributed by atoms with E-state index in [2.05, 4.69) is 10.9 Å². The second-order valence-electron chi connectivity index (χ2n) is 5.81. The van der Waals surface area contributed by atoms with Gasteiger partial charge in [-0.3, -0.25) is 34.9 Å². The van der Waals surface area contributed by atoms with Gasteiger partial charge in [0, 0.05) is 4.88 Å². The van der Waals surface area contributed by atoms with Gasteiger partial charge in [0.15, 0.2) is 0 Å². The molecule has 0 atom stereocenters. The maximum Gasteiger partial charge on any atom is 0.279 e. The molecule has 1 aliphatic rings. The average molecular weight is 371 g/mol. The number of carbonyl (C=O) groups is 4. The molecule has 3 rings (SSSR count). The number of hydrogen-bond acceptors (Lipinski definition) is 5. The van der Waals surface area contributed by atoms with Gasteiger partial charge in [-0.2, -0.15) is 0 Å². The molecule has 0 bridgehead atoms. The molecular weight excluding hydrogens is 354 g/mol. The molecule has 0 saturated heterocycles. The quantitative estimate of drug-likeness (QED) is 0.631. The number of rotatable bonds is 4. The Morgan fingerprint density at radius 3 is 2.23 bits per heavy atom. The Bertz CT molecular complexity index is 884. The SMILES string of the molecule is CCc1sc(C(=O)NNC(=O)CN2C(=O)c3ccccc3C2=O)cc1C. The molecule has 0 spiro atoms. The summed E-state index contributed by atoms with van der Waals surface area (Å²) in [5.74, 6) is -2.13. The van der Waals surface area contributed by atoms with Crippen LogP contribution in [0.2, 0.25) is 0 Å². The van der Waals surface area contributed by atoms with Gasteiger partial charge in [-0.25, -0.2) is 0 Å². The van der Waals surface area contributed by atoms with E-state index in [1.807, 2.05) is 13.8 Å². The third-order valence-electron chi connectivity index (χ3n) is 4.06. The summed E-state index contributed by atoms with van der Waals surface area (Å²) in [5.41, 5.74) is 6.13. The Hall–Kier alpha value is -3.00. The van der Waals surface area contributed by atoms with Crippen molar-refractivity contribution in [3.63, 3.8) is 0 Å². The van der Waals surface area contributed by atoms with Crippen LogP contribution in [0.5, 0.6) is 0 Å². The van der Waals surface area contributed by atoms with E-state index < -0.39 is 30.2 Å². The van der Waals surface area contributed by atoms with Gasteiger partial charge in [0.25, 0.3) is 23.6 Å². The fraction of sp³-hybridized carbons (Fsp3) is 0.222. The summed E-state index contributed by atoms with van der Waals surface area (Å²) in [6.07, 6.45) is 0.829. The number of fused-ring (bicyclic) bond motifs is 1. The summed E-state index contributed by atoms with van der Waals surface area (Å²) in [4.78, 5) is 51.0. The number of hydrazine groups is 1. The first-order valence-electron chi connectivity index (χ1n) is 8.06. The predicted molar refractivity (Wildman–Crippen MR) is 95.9 cm³/mol. The molecule has 0 unspecified atom stereocenters. The maximum absolute atomic E-state index is 12.2. The molecule has 0 radical (unpaired) electrons.